The summed E-state index contributed by atoms with van der Waals surface area (Å²) < 4.78 is 11.9. The fraction of sp³-hybridized carbons (Fsp3) is 0.435. The lowest BCUT2D eigenvalue weighted by atomic mass is 10.0. The molecule has 0 saturated carbocycles. The van der Waals surface area contributed by atoms with Crippen LogP contribution in [0.4, 0.5) is 4.79 Å². The normalized spacial score (nSPS) is 17.8. The van der Waals surface area contributed by atoms with Crippen LogP contribution >= 0.6 is 15.9 Å². The summed E-state index contributed by atoms with van der Waals surface area (Å²) >= 11 is 3.66. The van der Waals surface area contributed by atoms with Gasteiger partial charge in [0.1, 0.15) is 11.4 Å². The van der Waals surface area contributed by atoms with E-state index in [1.54, 1.807) is 7.11 Å². The Hall–Kier alpha value is -2.05. The molecule has 1 aliphatic heterocycles. The van der Waals surface area contributed by atoms with Gasteiger partial charge in [-0.3, -0.25) is 9.80 Å². The van der Waals surface area contributed by atoms with E-state index in [4.69, 9.17) is 9.47 Å². The Morgan fingerprint density at radius 2 is 1.79 bits per heavy atom. The van der Waals surface area contributed by atoms with Crippen molar-refractivity contribution in [3.05, 3.63) is 64.1 Å². The highest BCUT2D eigenvalue weighted by molar-refractivity contribution is 9.10. The van der Waals surface area contributed by atoms with Crippen molar-refractivity contribution in [2.24, 2.45) is 0 Å². The maximum Gasteiger partial charge on any atom is 0.410 e. The molecule has 29 heavy (non-hydrogen) atoms. The summed E-state index contributed by atoms with van der Waals surface area (Å²) in [4.78, 5) is 17.1. The number of rotatable bonds is 4. The lowest BCUT2D eigenvalue weighted by molar-refractivity contribution is -0.00309. The second-order valence-electron chi connectivity index (χ2n) is 8.29. The molecule has 0 aliphatic carbocycles. The fourth-order valence-electron chi connectivity index (χ4n) is 3.52. The van der Waals surface area contributed by atoms with Crippen LogP contribution in [0.1, 0.15) is 37.9 Å². The highest BCUT2D eigenvalue weighted by Crippen LogP contribution is 2.32. The predicted molar refractivity (Wildman–Crippen MR) is 118 cm³/mol. The SMILES string of the molecule is COc1ccc(CN2CCN(C(=O)OC(C)(C)C)C(c3ccccc3Br)C2)cc1. The first-order chi connectivity index (χ1) is 13.8. The zero-order valence-corrected chi connectivity index (χ0v) is 19.1. The Morgan fingerprint density at radius 3 is 2.41 bits per heavy atom. The number of carbonyl (C=O) groups excluding carboxylic acids is 1. The topological polar surface area (TPSA) is 42.0 Å². The molecule has 0 aromatic heterocycles. The number of hydrogen-bond acceptors (Lipinski definition) is 4. The number of amides is 1. The summed E-state index contributed by atoms with van der Waals surface area (Å²) in [6, 6.07) is 16.2. The van der Waals surface area contributed by atoms with Gasteiger partial charge >= 0.3 is 6.09 Å². The van der Waals surface area contributed by atoms with Gasteiger partial charge in [0.2, 0.25) is 0 Å². The Bertz CT molecular complexity index is 833. The van der Waals surface area contributed by atoms with Crippen molar-refractivity contribution >= 4 is 22.0 Å². The zero-order valence-electron chi connectivity index (χ0n) is 17.5. The second-order valence-corrected chi connectivity index (χ2v) is 9.15. The largest absolute Gasteiger partial charge is 0.497 e. The number of hydrogen-bond donors (Lipinski definition) is 0. The lowest BCUT2D eigenvalue weighted by Gasteiger charge is -2.42. The van der Waals surface area contributed by atoms with Gasteiger partial charge in [-0.1, -0.05) is 46.3 Å². The minimum absolute atomic E-state index is 0.0765. The van der Waals surface area contributed by atoms with Crippen molar-refractivity contribution in [1.82, 2.24) is 9.80 Å². The fourth-order valence-corrected chi connectivity index (χ4v) is 4.07. The molecule has 1 unspecified atom stereocenters. The quantitative estimate of drug-likeness (QED) is 0.624. The van der Waals surface area contributed by atoms with Gasteiger partial charge in [-0.05, 0) is 50.1 Å². The summed E-state index contributed by atoms with van der Waals surface area (Å²) in [5.74, 6) is 0.856. The zero-order chi connectivity index (χ0) is 21.0. The molecule has 1 saturated heterocycles. The van der Waals surface area contributed by atoms with Gasteiger partial charge in [-0.15, -0.1) is 0 Å². The molecule has 6 heteroatoms. The maximum absolute atomic E-state index is 12.9. The van der Waals surface area contributed by atoms with E-state index in [0.29, 0.717) is 6.54 Å². The Labute approximate surface area is 181 Å². The van der Waals surface area contributed by atoms with Gasteiger partial charge in [0.05, 0.1) is 13.2 Å². The predicted octanol–water partition coefficient (Wildman–Crippen LogP) is 5.25. The van der Waals surface area contributed by atoms with Crippen LogP contribution in [0, 0.1) is 0 Å². The van der Waals surface area contributed by atoms with Crippen molar-refractivity contribution in [2.45, 2.75) is 39.0 Å². The summed E-state index contributed by atoms with van der Waals surface area (Å²) in [5.41, 5.74) is 1.80. The van der Waals surface area contributed by atoms with E-state index in [9.17, 15) is 4.79 Å². The number of carbonyl (C=O) groups is 1. The lowest BCUT2D eigenvalue weighted by Crippen LogP contribution is -2.51. The van der Waals surface area contributed by atoms with Crippen LogP contribution < -0.4 is 4.74 Å². The molecule has 2 aromatic rings. The Kier molecular flexibility index (Phi) is 6.85. The number of halogens is 1. The first-order valence-corrected chi connectivity index (χ1v) is 10.7. The van der Waals surface area contributed by atoms with E-state index in [-0.39, 0.29) is 12.1 Å². The smallest absolute Gasteiger partial charge is 0.410 e. The molecule has 3 rings (SSSR count). The summed E-state index contributed by atoms with van der Waals surface area (Å²) in [6.45, 7) is 8.69. The molecule has 1 atom stereocenters. The van der Waals surface area contributed by atoms with Gasteiger partial charge in [0.15, 0.2) is 0 Å². The molecule has 156 valence electrons. The first kappa shape index (κ1) is 21.7. The third kappa shape index (κ3) is 5.73. The second kappa shape index (κ2) is 9.18. The van der Waals surface area contributed by atoms with Crippen LogP contribution in [-0.2, 0) is 11.3 Å². The maximum atomic E-state index is 12.9. The highest BCUT2D eigenvalue weighted by atomic mass is 79.9. The third-order valence-electron chi connectivity index (χ3n) is 4.92. The van der Waals surface area contributed by atoms with E-state index in [1.807, 2.05) is 56.0 Å². The van der Waals surface area contributed by atoms with Crippen LogP contribution in [0.25, 0.3) is 0 Å². The summed E-state index contributed by atoms with van der Waals surface area (Å²) in [6.07, 6.45) is -0.262. The minimum atomic E-state index is -0.518. The summed E-state index contributed by atoms with van der Waals surface area (Å²) in [7, 11) is 1.67. The third-order valence-corrected chi connectivity index (χ3v) is 5.64. The van der Waals surface area contributed by atoms with Crippen LogP contribution in [0.2, 0.25) is 0 Å². The minimum Gasteiger partial charge on any atom is -0.497 e. The van der Waals surface area contributed by atoms with Crippen molar-refractivity contribution in [3.8, 4) is 5.75 Å². The molecule has 1 fully saturated rings. The number of methoxy groups -OCH3 is 1. The monoisotopic (exact) mass is 460 g/mol. The van der Waals surface area contributed by atoms with Crippen molar-refractivity contribution < 1.29 is 14.3 Å². The molecule has 0 spiro atoms. The highest BCUT2D eigenvalue weighted by Gasteiger charge is 2.35. The van der Waals surface area contributed by atoms with Gasteiger partial charge in [0.25, 0.3) is 0 Å². The average molecular weight is 461 g/mol. The molecule has 2 aromatic carbocycles. The number of benzene rings is 2. The van der Waals surface area contributed by atoms with Crippen molar-refractivity contribution in [3.63, 3.8) is 0 Å². The van der Waals surface area contributed by atoms with E-state index >= 15 is 0 Å². The van der Waals surface area contributed by atoms with Gasteiger partial charge < -0.3 is 9.47 Å². The van der Waals surface area contributed by atoms with Crippen LogP contribution in [0.15, 0.2) is 53.0 Å². The molecule has 1 heterocycles. The van der Waals surface area contributed by atoms with Gasteiger partial charge in [0, 0.05) is 30.7 Å². The van der Waals surface area contributed by atoms with E-state index < -0.39 is 5.60 Å². The van der Waals surface area contributed by atoms with Crippen molar-refractivity contribution in [2.75, 3.05) is 26.7 Å². The standard InChI is InChI=1S/C23H29BrN2O3/c1-23(2,3)29-22(27)26-14-13-25(15-17-9-11-18(28-4)12-10-17)16-21(26)19-7-5-6-8-20(19)24/h5-12,21H,13-16H2,1-4H3. The Balaban J connectivity index is 1.80. The first-order valence-electron chi connectivity index (χ1n) is 9.86. The van der Waals surface area contributed by atoms with Crippen molar-refractivity contribution in [1.29, 1.82) is 0 Å². The Morgan fingerprint density at radius 1 is 1.10 bits per heavy atom. The number of ether oxygens (including phenoxy) is 2. The van der Waals surface area contributed by atoms with Crippen LogP contribution in [-0.4, -0.2) is 48.2 Å². The molecule has 1 aliphatic rings. The van der Waals surface area contributed by atoms with Gasteiger partial charge in [-0.25, -0.2) is 4.79 Å². The molecule has 1 amide bonds. The molecule has 0 radical (unpaired) electrons. The average Bonchev–Trinajstić information content (AvgIpc) is 2.67. The summed E-state index contributed by atoms with van der Waals surface area (Å²) in [5, 5.41) is 0. The molecule has 0 bridgehead atoms. The van der Waals surface area contributed by atoms with E-state index in [1.165, 1.54) is 5.56 Å². The van der Waals surface area contributed by atoms with E-state index in [2.05, 4.69) is 39.0 Å². The number of nitrogens with zero attached hydrogens (tertiary/aromatic N) is 2. The molecular weight excluding hydrogens is 432 g/mol. The molecule has 0 N–H and O–H groups in total. The van der Waals surface area contributed by atoms with Crippen LogP contribution in [0.5, 0.6) is 5.75 Å². The molecular formula is C23H29BrN2O3. The van der Waals surface area contributed by atoms with E-state index in [0.717, 1.165) is 35.4 Å². The van der Waals surface area contributed by atoms with Gasteiger partial charge in [-0.2, -0.15) is 0 Å². The number of piperazine rings is 1. The van der Waals surface area contributed by atoms with Crippen LogP contribution in [0.3, 0.4) is 0 Å². The molecule has 5 nitrogen and oxygen atoms in total.